The second-order valence-corrected chi connectivity index (χ2v) is 4.18. The van der Waals surface area contributed by atoms with Gasteiger partial charge in [0, 0.05) is 18.7 Å². The largest absolute Gasteiger partial charge is 0.495 e. The first kappa shape index (κ1) is 10.8. The Morgan fingerprint density at radius 2 is 2.31 bits per heavy atom. The Labute approximate surface area is 96.2 Å². The second-order valence-electron chi connectivity index (χ2n) is 4.18. The number of methoxy groups -OCH3 is 1. The van der Waals surface area contributed by atoms with Crippen LogP contribution in [0.5, 0.6) is 5.75 Å². The molecule has 0 spiro atoms. The second kappa shape index (κ2) is 4.44. The van der Waals surface area contributed by atoms with Gasteiger partial charge in [0.05, 0.1) is 24.4 Å². The molecule has 1 aliphatic heterocycles. The van der Waals surface area contributed by atoms with Crippen molar-refractivity contribution in [2.45, 2.75) is 25.8 Å². The Bertz CT molecular complexity index is 422. The summed E-state index contributed by atoms with van der Waals surface area (Å²) in [6.07, 6.45) is 2.45. The fraction of sp³-hybridized carbons (Fsp3) is 0.462. The average Bonchev–Trinajstić information content (AvgIpc) is 2.74. The number of hydrogen-bond donors (Lipinski definition) is 0. The highest BCUT2D eigenvalue weighted by atomic mass is 16.5. The van der Waals surface area contributed by atoms with E-state index >= 15 is 0 Å². The molecule has 3 nitrogen and oxygen atoms in total. The lowest BCUT2D eigenvalue weighted by molar-refractivity contribution is 0.414. The zero-order valence-corrected chi connectivity index (χ0v) is 9.73. The lowest BCUT2D eigenvalue weighted by Gasteiger charge is -2.25. The fourth-order valence-electron chi connectivity index (χ4n) is 2.28. The first-order valence-corrected chi connectivity index (χ1v) is 5.61. The predicted octanol–water partition coefficient (Wildman–Crippen LogP) is 2.56. The van der Waals surface area contributed by atoms with E-state index in [-0.39, 0.29) is 0 Å². The fourth-order valence-corrected chi connectivity index (χ4v) is 2.28. The Morgan fingerprint density at radius 3 is 2.88 bits per heavy atom. The van der Waals surface area contributed by atoms with E-state index < -0.39 is 0 Å². The van der Waals surface area contributed by atoms with Gasteiger partial charge in [0.2, 0.25) is 0 Å². The molecule has 0 aromatic heterocycles. The number of hydrogen-bond acceptors (Lipinski definition) is 3. The number of nitriles is 1. The summed E-state index contributed by atoms with van der Waals surface area (Å²) >= 11 is 0. The van der Waals surface area contributed by atoms with E-state index in [0.29, 0.717) is 11.6 Å². The van der Waals surface area contributed by atoms with Crippen molar-refractivity contribution in [3.8, 4) is 11.8 Å². The summed E-state index contributed by atoms with van der Waals surface area (Å²) in [6.45, 7) is 3.30. The monoisotopic (exact) mass is 216 g/mol. The van der Waals surface area contributed by atoms with Gasteiger partial charge in [-0.25, -0.2) is 0 Å². The van der Waals surface area contributed by atoms with Gasteiger partial charge in [-0.15, -0.1) is 0 Å². The molecule has 16 heavy (non-hydrogen) atoms. The molecule has 1 atom stereocenters. The van der Waals surface area contributed by atoms with Crippen LogP contribution < -0.4 is 9.64 Å². The molecule has 2 rings (SSSR count). The molecule has 1 saturated heterocycles. The summed E-state index contributed by atoms with van der Waals surface area (Å²) in [5.41, 5.74) is 1.75. The van der Waals surface area contributed by atoms with E-state index in [1.165, 1.54) is 12.8 Å². The molecule has 84 valence electrons. The van der Waals surface area contributed by atoms with Gasteiger partial charge < -0.3 is 9.64 Å². The molecular weight excluding hydrogens is 200 g/mol. The average molecular weight is 216 g/mol. The van der Waals surface area contributed by atoms with E-state index in [9.17, 15) is 0 Å². The summed E-state index contributed by atoms with van der Waals surface area (Å²) in [5, 5.41) is 8.85. The van der Waals surface area contributed by atoms with Crippen molar-refractivity contribution in [1.82, 2.24) is 0 Å². The first-order valence-electron chi connectivity index (χ1n) is 5.61. The van der Waals surface area contributed by atoms with Crippen molar-refractivity contribution in [3.63, 3.8) is 0 Å². The highest BCUT2D eigenvalue weighted by Gasteiger charge is 2.23. The number of nitrogens with zero attached hydrogens (tertiary/aromatic N) is 2. The molecule has 0 bridgehead atoms. The van der Waals surface area contributed by atoms with Crippen LogP contribution in [0.15, 0.2) is 18.2 Å². The molecule has 1 aromatic rings. The van der Waals surface area contributed by atoms with Gasteiger partial charge in [-0.1, -0.05) is 0 Å². The van der Waals surface area contributed by atoms with Crippen LogP contribution in [0.3, 0.4) is 0 Å². The maximum atomic E-state index is 8.85. The van der Waals surface area contributed by atoms with E-state index in [2.05, 4.69) is 17.9 Å². The van der Waals surface area contributed by atoms with E-state index in [0.717, 1.165) is 18.0 Å². The van der Waals surface area contributed by atoms with Gasteiger partial charge in [-0.2, -0.15) is 5.26 Å². The van der Waals surface area contributed by atoms with Gasteiger partial charge in [0.15, 0.2) is 0 Å². The van der Waals surface area contributed by atoms with Crippen LogP contribution in [0.25, 0.3) is 0 Å². The Kier molecular flexibility index (Phi) is 3.00. The van der Waals surface area contributed by atoms with E-state index in [1.807, 2.05) is 12.1 Å². The van der Waals surface area contributed by atoms with Crippen LogP contribution in [0.4, 0.5) is 5.69 Å². The van der Waals surface area contributed by atoms with Crippen LogP contribution in [-0.2, 0) is 0 Å². The Balaban J connectivity index is 2.37. The minimum atomic E-state index is 0.557. The van der Waals surface area contributed by atoms with Crippen LogP contribution in [-0.4, -0.2) is 19.7 Å². The zero-order chi connectivity index (χ0) is 11.5. The maximum Gasteiger partial charge on any atom is 0.143 e. The van der Waals surface area contributed by atoms with Gasteiger partial charge in [-0.3, -0.25) is 0 Å². The molecule has 0 aliphatic carbocycles. The summed E-state index contributed by atoms with van der Waals surface area (Å²) in [7, 11) is 1.65. The normalized spacial score (nSPS) is 19.6. The van der Waals surface area contributed by atoms with Crippen LogP contribution in [0, 0.1) is 11.3 Å². The topological polar surface area (TPSA) is 36.3 Å². The third-order valence-electron chi connectivity index (χ3n) is 3.17. The molecule has 1 aromatic carbocycles. The summed E-state index contributed by atoms with van der Waals surface area (Å²) < 4.78 is 5.36. The summed E-state index contributed by atoms with van der Waals surface area (Å²) in [6, 6.07) is 8.33. The lowest BCUT2D eigenvalue weighted by atomic mass is 10.1. The van der Waals surface area contributed by atoms with Crippen molar-refractivity contribution in [1.29, 1.82) is 5.26 Å². The van der Waals surface area contributed by atoms with E-state index in [1.54, 1.807) is 13.2 Å². The van der Waals surface area contributed by atoms with E-state index in [4.69, 9.17) is 10.00 Å². The highest BCUT2D eigenvalue weighted by Crippen LogP contribution is 2.34. The first-order chi connectivity index (χ1) is 7.76. The minimum absolute atomic E-state index is 0.557. The molecule has 0 N–H and O–H groups in total. The molecule has 1 heterocycles. The van der Waals surface area contributed by atoms with Crippen molar-refractivity contribution < 1.29 is 4.74 Å². The van der Waals surface area contributed by atoms with Crippen molar-refractivity contribution in [2.24, 2.45) is 0 Å². The molecular formula is C13H16N2O. The third kappa shape index (κ3) is 1.83. The smallest absolute Gasteiger partial charge is 0.143 e. The van der Waals surface area contributed by atoms with Crippen LogP contribution in [0.2, 0.25) is 0 Å². The predicted molar refractivity (Wildman–Crippen MR) is 63.8 cm³/mol. The van der Waals surface area contributed by atoms with Gasteiger partial charge in [0.1, 0.15) is 5.75 Å². The van der Waals surface area contributed by atoms with Crippen molar-refractivity contribution >= 4 is 5.69 Å². The Hall–Kier alpha value is -1.69. The van der Waals surface area contributed by atoms with Crippen molar-refractivity contribution in [2.75, 3.05) is 18.6 Å². The van der Waals surface area contributed by atoms with Gasteiger partial charge in [-0.05, 0) is 31.9 Å². The quantitative estimate of drug-likeness (QED) is 0.762. The number of rotatable bonds is 2. The van der Waals surface area contributed by atoms with Crippen molar-refractivity contribution in [3.05, 3.63) is 23.8 Å². The van der Waals surface area contributed by atoms with Crippen LogP contribution in [0.1, 0.15) is 25.3 Å². The number of ether oxygens (including phenoxy) is 1. The molecule has 0 radical (unpaired) electrons. The van der Waals surface area contributed by atoms with Gasteiger partial charge >= 0.3 is 0 Å². The molecule has 1 aliphatic rings. The van der Waals surface area contributed by atoms with Crippen LogP contribution >= 0.6 is 0 Å². The minimum Gasteiger partial charge on any atom is -0.495 e. The molecule has 0 saturated carbocycles. The molecule has 3 heteroatoms. The number of benzene rings is 1. The number of anilines is 1. The summed E-state index contributed by atoms with van der Waals surface area (Å²) in [5.74, 6) is 0.799. The standard InChI is InChI=1S/C13H16N2O/c1-10-4-3-7-15(10)12-6-5-11(9-14)8-13(12)16-2/h5-6,8,10H,3-4,7H2,1-2H3. The zero-order valence-electron chi connectivity index (χ0n) is 9.73. The summed E-state index contributed by atoms with van der Waals surface area (Å²) in [4.78, 5) is 2.35. The maximum absolute atomic E-state index is 8.85. The Morgan fingerprint density at radius 1 is 1.50 bits per heavy atom. The molecule has 1 fully saturated rings. The van der Waals surface area contributed by atoms with Gasteiger partial charge in [0.25, 0.3) is 0 Å². The molecule has 0 amide bonds. The molecule has 1 unspecified atom stereocenters. The third-order valence-corrected chi connectivity index (χ3v) is 3.17. The highest BCUT2D eigenvalue weighted by molar-refractivity contribution is 5.62. The SMILES string of the molecule is COc1cc(C#N)ccc1N1CCCC1C. The lowest BCUT2D eigenvalue weighted by Crippen LogP contribution is -2.26.